The van der Waals surface area contributed by atoms with Gasteiger partial charge in [-0.1, -0.05) is 12.1 Å². The second-order valence-corrected chi connectivity index (χ2v) is 7.36. The standard InChI is InChI=1S/C14H14N2O3S2/c15-7-9-19-13-4-1-3-12-11(13)6-8-16(12)21(17,18)14-5-2-10-20-14/h1-6,8,10H,7,9,15H2. The first-order valence-corrected chi connectivity index (χ1v) is 8.68. The molecule has 0 aliphatic heterocycles. The minimum atomic E-state index is -3.56. The Morgan fingerprint density at radius 1 is 1.19 bits per heavy atom. The molecule has 0 aliphatic rings. The van der Waals surface area contributed by atoms with Crippen molar-refractivity contribution in [3.05, 3.63) is 48.0 Å². The van der Waals surface area contributed by atoms with E-state index in [9.17, 15) is 8.42 Å². The highest BCUT2D eigenvalue weighted by Crippen LogP contribution is 2.30. The Balaban J connectivity index is 2.13. The third-order valence-electron chi connectivity index (χ3n) is 3.04. The van der Waals surface area contributed by atoms with Crippen LogP contribution in [-0.4, -0.2) is 25.5 Å². The van der Waals surface area contributed by atoms with Gasteiger partial charge in [0, 0.05) is 18.1 Å². The van der Waals surface area contributed by atoms with Crippen LogP contribution in [0.3, 0.4) is 0 Å². The van der Waals surface area contributed by atoms with Gasteiger partial charge in [0.05, 0.1) is 5.52 Å². The van der Waals surface area contributed by atoms with Crippen LogP contribution in [-0.2, 0) is 10.0 Å². The fourth-order valence-electron chi connectivity index (χ4n) is 2.13. The number of hydrogen-bond donors (Lipinski definition) is 1. The summed E-state index contributed by atoms with van der Waals surface area (Å²) in [6.45, 7) is 0.798. The second kappa shape index (κ2) is 5.51. The van der Waals surface area contributed by atoms with E-state index in [0.29, 0.717) is 28.6 Å². The Morgan fingerprint density at radius 3 is 2.76 bits per heavy atom. The highest BCUT2D eigenvalue weighted by molar-refractivity contribution is 7.92. The van der Waals surface area contributed by atoms with Gasteiger partial charge in [-0.15, -0.1) is 11.3 Å². The maximum atomic E-state index is 12.6. The molecule has 0 radical (unpaired) electrons. The molecule has 3 aromatic rings. The van der Waals surface area contributed by atoms with Gasteiger partial charge in [0.1, 0.15) is 16.6 Å². The van der Waals surface area contributed by atoms with Gasteiger partial charge in [-0.25, -0.2) is 3.97 Å². The summed E-state index contributed by atoms with van der Waals surface area (Å²) >= 11 is 1.20. The fraction of sp³-hybridized carbons (Fsp3) is 0.143. The van der Waals surface area contributed by atoms with Crippen molar-refractivity contribution in [2.75, 3.05) is 13.2 Å². The lowest BCUT2D eigenvalue weighted by molar-refractivity contribution is 0.332. The lowest BCUT2D eigenvalue weighted by atomic mass is 10.2. The summed E-state index contributed by atoms with van der Waals surface area (Å²) in [5, 5.41) is 2.50. The number of nitrogens with zero attached hydrogens (tertiary/aromatic N) is 1. The SMILES string of the molecule is NCCOc1cccc2c1ccn2S(=O)(=O)c1cccs1. The van der Waals surface area contributed by atoms with E-state index >= 15 is 0 Å². The molecule has 0 aliphatic carbocycles. The van der Waals surface area contributed by atoms with E-state index in [1.54, 1.807) is 48.0 Å². The van der Waals surface area contributed by atoms with Crippen molar-refractivity contribution in [1.82, 2.24) is 3.97 Å². The van der Waals surface area contributed by atoms with Gasteiger partial charge >= 0.3 is 0 Å². The molecule has 2 heterocycles. The molecule has 0 spiro atoms. The third-order valence-corrected chi connectivity index (χ3v) is 6.10. The van der Waals surface area contributed by atoms with Gasteiger partial charge in [0.15, 0.2) is 0 Å². The van der Waals surface area contributed by atoms with Gasteiger partial charge < -0.3 is 10.5 Å². The predicted molar refractivity (Wildman–Crippen MR) is 83.4 cm³/mol. The van der Waals surface area contributed by atoms with Crippen molar-refractivity contribution in [3.63, 3.8) is 0 Å². The molecule has 21 heavy (non-hydrogen) atoms. The van der Waals surface area contributed by atoms with Gasteiger partial charge in [-0.05, 0) is 29.6 Å². The number of nitrogens with two attached hydrogens (primary N) is 1. The summed E-state index contributed by atoms with van der Waals surface area (Å²) in [4.78, 5) is 0. The molecule has 110 valence electrons. The Kier molecular flexibility index (Phi) is 3.71. The number of rotatable bonds is 5. The third kappa shape index (κ3) is 2.44. The molecular formula is C14H14N2O3S2. The zero-order chi connectivity index (χ0) is 14.9. The zero-order valence-electron chi connectivity index (χ0n) is 11.1. The van der Waals surface area contributed by atoms with Crippen molar-refractivity contribution >= 4 is 32.3 Å². The van der Waals surface area contributed by atoms with E-state index in [4.69, 9.17) is 10.5 Å². The summed E-state index contributed by atoms with van der Waals surface area (Å²) in [5.74, 6) is 0.637. The van der Waals surface area contributed by atoms with Crippen LogP contribution in [0.15, 0.2) is 52.2 Å². The van der Waals surface area contributed by atoms with E-state index in [-0.39, 0.29) is 0 Å². The average Bonchev–Trinajstić information content (AvgIpc) is 3.14. The maximum Gasteiger partial charge on any atom is 0.277 e. The molecular weight excluding hydrogens is 308 g/mol. The Hall–Kier alpha value is -1.83. The molecule has 0 fully saturated rings. The first-order chi connectivity index (χ1) is 10.1. The van der Waals surface area contributed by atoms with Crippen LogP contribution in [0.5, 0.6) is 5.75 Å². The fourth-order valence-corrected chi connectivity index (χ4v) is 4.55. The summed E-state index contributed by atoms with van der Waals surface area (Å²) in [7, 11) is -3.56. The summed E-state index contributed by atoms with van der Waals surface area (Å²) in [6, 6.07) is 10.4. The molecule has 0 saturated heterocycles. The lowest BCUT2D eigenvalue weighted by Crippen LogP contribution is -2.11. The van der Waals surface area contributed by atoms with Crippen molar-refractivity contribution in [3.8, 4) is 5.75 Å². The largest absolute Gasteiger partial charge is 0.492 e. The molecule has 0 amide bonds. The minimum absolute atomic E-state index is 0.313. The summed E-state index contributed by atoms with van der Waals surface area (Å²) in [6.07, 6.45) is 1.55. The highest BCUT2D eigenvalue weighted by atomic mass is 32.2. The molecule has 0 atom stereocenters. The van der Waals surface area contributed by atoms with Gasteiger partial charge in [-0.3, -0.25) is 0 Å². The Bertz CT molecular complexity index is 852. The quantitative estimate of drug-likeness (QED) is 0.782. The van der Waals surface area contributed by atoms with Gasteiger partial charge in [0.25, 0.3) is 10.0 Å². The number of aromatic nitrogens is 1. The van der Waals surface area contributed by atoms with E-state index in [2.05, 4.69) is 0 Å². The number of thiophene rings is 1. The van der Waals surface area contributed by atoms with Crippen LogP contribution in [0, 0.1) is 0 Å². The molecule has 5 nitrogen and oxygen atoms in total. The van der Waals surface area contributed by atoms with Crippen LogP contribution in [0.25, 0.3) is 10.9 Å². The second-order valence-electron chi connectivity index (χ2n) is 4.37. The van der Waals surface area contributed by atoms with Crippen LogP contribution in [0.4, 0.5) is 0 Å². The number of benzene rings is 1. The smallest absolute Gasteiger partial charge is 0.277 e. The molecule has 2 aromatic heterocycles. The molecule has 3 rings (SSSR count). The maximum absolute atomic E-state index is 12.6. The zero-order valence-corrected chi connectivity index (χ0v) is 12.7. The molecule has 0 saturated carbocycles. The van der Waals surface area contributed by atoms with E-state index in [1.807, 2.05) is 0 Å². The van der Waals surface area contributed by atoms with Crippen LogP contribution >= 0.6 is 11.3 Å². The molecule has 2 N–H and O–H groups in total. The van der Waals surface area contributed by atoms with E-state index in [1.165, 1.54) is 15.3 Å². The minimum Gasteiger partial charge on any atom is -0.492 e. The normalized spacial score (nSPS) is 11.9. The van der Waals surface area contributed by atoms with Gasteiger partial charge in [-0.2, -0.15) is 8.42 Å². The Labute approximate surface area is 126 Å². The molecule has 1 aromatic carbocycles. The Morgan fingerprint density at radius 2 is 2.05 bits per heavy atom. The number of ether oxygens (including phenoxy) is 1. The van der Waals surface area contributed by atoms with Crippen molar-refractivity contribution in [2.24, 2.45) is 5.73 Å². The number of hydrogen-bond acceptors (Lipinski definition) is 5. The first kappa shape index (κ1) is 14.1. The van der Waals surface area contributed by atoms with Gasteiger partial charge in [0.2, 0.25) is 0 Å². The van der Waals surface area contributed by atoms with Crippen LogP contribution in [0.1, 0.15) is 0 Å². The number of fused-ring (bicyclic) bond motifs is 1. The average molecular weight is 322 g/mol. The highest BCUT2D eigenvalue weighted by Gasteiger charge is 2.20. The summed E-state index contributed by atoms with van der Waals surface area (Å²) in [5.41, 5.74) is 6.03. The molecule has 0 unspecified atom stereocenters. The predicted octanol–water partition coefficient (Wildman–Crippen LogP) is 2.28. The van der Waals surface area contributed by atoms with Crippen molar-refractivity contribution in [2.45, 2.75) is 4.21 Å². The molecule has 7 heteroatoms. The van der Waals surface area contributed by atoms with E-state index in [0.717, 1.165) is 5.39 Å². The molecule has 0 bridgehead atoms. The summed E-state index contributed by atoms with van der Waals surface area (Å²) < 4.78 is 32.4. The van der Waals surface area contributed by atoms with Crippen molar-refractivity contribution in [1.29, 1.82) is 0 Å². The van der Waals surface area contributed by atoms with Crippen molar-refractivity contribution < 1.29 is 13.2 Å². The monoisotopic (exact) mass is 322 g/mol. The lowest BCUT2D eigenvalue weighted by Gasteiger charge is -2.08. The topological polar surface area (TPSA) is 74.3 Å². The van der Waals surface area contributed by atoms with Crippen LogP contribution in [0.2, 0.25) is 0 Å². The van der Waals surface area contributed by atoms with Crippen LogP contribution < -0.4 is 10.5 Å². The van der Waals surface area contributed by atoms with E-state index < -0.39 is 10.0 Å². The first-order valence-electron chi connectivity index (χ1n) is 6.36.